The van der Waals surface area contributed by atoms with Gasteiger partial charge in [-0.15, -0.1) is 0 Å². The number of para-hydroxylation sites is 2. The van der Waals surface area contributed by atoms with Crippen LogP contribution in [0.3, 0.4) is 0 Å². The Bertz CT molecular complexity index is 406. The van der Waals surface area contributed by atoms with Crippen LogP contribution >= 0.6 is 15.9 Å². The summed E-state index contributed by atoms with van der Waals surface area (Å²) in [6.07, 6.45) is 0.876. The molecular weight excluding hydrogens is 268 g/mol. The lowest BCUT2D eigenvalue weighted by atomic mass is 10.2. The van der Waals surface area contributed by atoms with Crippen LogP contribution in [0.1, 0.15) is 6.42 Å². The van der Waals surface area contributed by atoms with Gasteiger partial charge in [-0.05, 0) is 18.6 Å². The standard InChI is InChI=1S/C12H15BrN2O/c1-14(2)10-5-3-4-6-11(10)15-8-7-9(13)12(15)16/h3-6,9H,7-8H2,1-2H3. The molecule has 1 aliphatic heterocycles. The van der Waals surface area contributed by atoms with Crippen molar-refractivity contribution in [3.63, 3.8) is 0 Å². The third kappa shape index (κ3) is 1.94. The topological polar surface area (TPSA) is 23.6 Å². The highest BCUT2D eigenvalue weighted by Crippen LogP contribution is 2.32. The van der Waals surface area contributed by atoms with Gasteiger partial charge in [0.1, 0.15) is 0 Å². The second-order valence-electron chi connectivity index (χ2n) is 4.13. The Kier molecular flexibility index (Phi) is 3.19. The summed E-state index contributed by atoms with van der Waals surface area (Å²) >= 11 is 3.40. The summed E-state index contributed by atoms with van der Waals surface area (Å²) in [6, 6.07) is 7.99. The van der Waals surface area contributed by atoms with E-state index in [0.29, 0.717) is 0 Å². The number of benzene rings is 1. The third-order valence-electron chi connectivity index (χ3n) is 2.79. The largest absolute Gasteiger partial charge is 0.376 e. The zero-order chi connectivity index (χ0) is 11.7. The summed E-state index contributed by atoms with van der Waals surface area (Å²) in [6.45, 7) is 0.791. The van der Waals surface area contributed by atoms with Gasteiger partial charge < -0.3 is 9.80 Å². The lowest BCUT2D eigenvalue weighted by molar-refractivity contribution is -0.116. The van der Waals surface area contributed by atoms with Crippen LogP contribution < -0.4 is 9.80 Å². The van der Waals surface area contributed by atoms with Crippen LogP contribution in [0.25, 0.3) is 0 Å². The molecule has 1 unspecified atom stereocenters. The first-order valence-corrected chi connectivity index (χ1v) is 6.24. The highest BCUT2D eigenvalue weighted by atomic mass is 79.9. The van der Waals surface area contributed by atoms with Gasteiger partial charge in [-0.3, -0.25) is 4.79 Å². The SMILES string of the molecule is CN(C)c1ccccc1N1CCC(Br)C1=O. The van der Waals surface area contributed by atoms with Gasteiger partial charge in [-0.2, -0.15) is 0 Å². The molecule has 0 bridgehead atoms. The van der Waals surface area contributed by atoms with Gasteiger partial charge in [0.15, 0.2) is 0 Å². The molecule has 0 aliphatic carbocycles. The first kappa shape index (κ1) is 11.5. The Morgan fingerprint density at radius 3 is 2.62 bits per heavy atom. The molecule has 0 N–H and O–H groups in total. The van der Waals surface area contributed by atoms with Crippen LogP contribution in [0.15, 0.2) is 24.3 Å². The summed E-state index contributed by atoms with van der Waals surface area (Å²) in [5.74, 6) is 0.161. The van der Waals surface area contributed by atoms with Crippen LogP contribution in [0, 0.1) is 0 Å². The Labute approximate surface area is 104 Å². The van der Waals surface area contributed by atoms with E-state index in [1.54, 1.807) is 0 Å². The lowest BCUT2D eigenvalue weighted by Crippen LogP contribution is -2.28. The van der Waals surface area contributed by atoms with Gasteiger partial charge in [0.2, 0.25) is 5.91 Å². The number of anilines is 2. The number of carbonyl (C=O) groups is 1. The maximum absolute atomic E-state index is 11.9. The molecule has 1 fully saturated rings. The van der Waals surface area contributed by atoms with E-state index in [1.165, 1.54) is 0 Å². The van der Waals surface area contributed by atoms with E-state index in [9.17, 15) is 4.79 Å². The molecule has 1 amide bonds. The summed E-state index contributed by atoms with van der Waals surface area (Å²) in [5.41, 5.74) is 2.08. The number of amides is 1. The molecule has 1 atom stereocenters. The molecule has 0 radical (unpaired) electrons. The number of hydrogen-bond acceptors (Lipinski definition) is 2. The molecule has 1 saturated heterocycles. The highest BCUT2D eigenvalue weighted by molar-refractivity contribution is 9.10. The van der Waals surface area contributed by atoms with Gasteiger partial charge in [0, 0.05) is 20.6 Å². The van der Waals surface area contributed by atoms with Crippen molar-refractivity contribution in [2.24, 2.45) is 0 Å². The van der Waals surface area contributed by atoms with E-state index >= 15 is 0 Å². The van der Waals surface area contributed by atoms with Crippen molar-refractivity contribution in [1.82, 2.24) is 0 Å². The van der Waals surface area contributed by atoms with E-state index in [-0.39, 0.29) is 10.7 Å². The zero-order valence-electron chi connectivity index (χ0n) is 9.48. The van der Waals surface area contributed by atoms with E-state index in [4.69, 9.17) is 0 Å². The van der Waals surface area contributed by atoms with E-state index in [1.807, 2.05) is 48.2 Å². The molecule has 0 spiro atoms. The average Bonchev–Trinajstić information content (AvgIpc) is 2.60. The molecule has 16 heavy (non-hydrogen) atoms. The fraction of sp³-hybridized carbons (Fsp3) is 0.417. The van der Waals surface area contributed by atoms with Crippen molar-refractivity contribution in [3.8, 4) is 0 Å². The number of alkyl halides is 1. The van der Waals surface area contributed by atoms with Crippen LogP contribution in [0.5, 0.6) is 0 Å². The Morgan fingerprint density at radius 2 is 2.06 bits per heavy atom. The molecule has 0 aromatic heterocycles. The summed E-state index contributed by atoms with van der Waals surface area (Å²) in [4.78, 5) is 15.8. The quantitative estimate of drug-likeness (QED) is 0.777. The van der Waals surface area contributed by atoms with Crippen LogP contribution in [-0.4, -0.2) is 31.4 Å². The minimum absolute atomic E-state index is 0.0253. The fourth-order valence-corrected chi connectivity index (χ4v) is 2.41. The zero-order valence-corrected chi connectivity index (χ0v) is 11.1. The molecular formula is C12H15BrN2O. The number of nitrogens with zero attached hydrogens (tertiary/aromatic N) is 2. The molecule has 3 nitrogen and oxygen atoms in total. The Morgan fingerprint density at radius 1 is 1.38 bits per heavy atom. The van der Waals surface area contributed by atoms with Gasteiger partial charge in [-0.25, -0.2) is 0 Å². The molecule has 1 aromatic rings. The highest BCUT2D eigenvalue weighted by Gasteiger charge is 2.31. The predicted octanol–water partition coefficient (Wildman–Crippen LogP) is 2.25. The number of hydrogen-bond donors (Lipinski definition) is 0. The van der Waals surface area contributed by atoms with Gasteiger partial charge in [0.05, 0.1) is 16.2 Å². The van der Waals surface area contributed by atoms with Gasteiger partial charge >= 0.3 is 0 Å². The van der Waals surface area contributed by atoms with Crippen molar-refractivity contribution in [2.45, 2.75) is 11.2 Å². The number of rotatable bonds is 2. The number of carbonyl (C=O) groups excluding carboxylic acids is 1. The molecule has 2 rings (SSSR count). The van der Waals surface area contributed by atoms with Crippen LogP contribution in [0.2, 0.25) is 0 Å². The smallest absolute Gasteiger partial charge is 0.240 e. The van der Waals surface area contributed by atoms with Gasteiger partial charge in [0.25, 0.3) is 0 Å². The number of halogens is 1. The first-order chi connectivity index (χ1) is 7.61. The molecule has 86 valence electrons. The molecule has 0 saturated carbocycles. The van der Waals surface area contributed by atoms with Crippen molar-refractivity contribution >= 4 is 33.2 Å². The molecule has 1 heterocycles. The monoisotopic (exact) mass is 282 g/mol. The Balaban J connectivity index is 2.37. The first-order valence-electron chi connectivity index (χ1n) is 5.33. The minimum Gasteiger partial charge on any atom is -0.376 e. The van der Waals surface area contributed by atoms with Crippen molar-refractivity contribution in [2.75, 3.05) is 30.4 Å². The van der Waals surface area contributed by atoms with E-state index < -0.39 is 0 Å². The normalized spacial score (nSPS) is 20.3. The van der Waals surface area contributed by atoms with E-state index in [0.717, 1.165) is 24.3 Å². The van der Waals surface area contributed by atoms with Crippen LogP contribution in [-0.2, 0) is 4.79 Å². The minimum atomic E-state index is -0.0253. The van der Waals surface area contributed by atoms with Crippen LogP contribution in [0.4, 0.5) is 11.4 Å². The van der Waals surface area contributed by atoms with Crippen molar-refractivity contribution in [1.29, 1.82) is 0 Å². The van der Waals surface area contributed by atoms with Crippen molar-refractivity contribution in [3.05, 3.63) is 24.3 Å². The summed E-state index contributed by atoms with van der Waals surface area (Å²) < 4.78 is 0. The average molecular weight is 283 g/mol. The summed E-state index contributed by atoms with van der Waals surface area (Å²) in [7, 11) is 3.98. The molecule has 1 aromatic carbocycles. The Hall–Kier alpha value is -1.03. The third-order valence-corrected chi connectivity index (χ3v) is 3.64. The van der Waals surface area contributed by atoms with Crippen molar-refractivity contribution < 1.29 is 4.79 Å². The maximum Gasteiger partial charge on any atom is 0.240 e. The maximum atomic E-state index is 11.9. The second-order valence-corrected chi connectivity index (χ2v) is 5.23. The fourth-order valence-electron chi connectivity index (χ4n) is 1.95. The summed E-state index contributed by atoms with van der Waals surface area (Å²) in [5, 5.41) is 0. The van der Waals surface area contributed by atoms with E-state index in [2.05, 4.69) is 15.9 Å². The molecule has 4 heteroatoms. The second kappa shape index (κ2) is 4.45. The lowest BCUT2D eigenvalue weighted by Gasteiger charge is -2.23. The predicted molar refractivity (Wildman–Crippen MR) is 70.5 cm³/mol. The van der Waals surface area contributed by atoms with Gasteiger partial charge in [-0.1, -0.05) is 28.1 Å². The molecule has 1 aliphatic rings.